The van der Waals surface area contributed by atoms with E-state index in [0.717, 1.165) is 12.8 Å². The molecule has 3 heteroatoms. The second kappa shape index (κ2) is 5.27. The van der Waals surface area contributed by atoms with Gasteiger partial charge in [0.25, 0.3) is 6.29 Å². The molecule has 69 valence electrons. The van der Waals surface area contributed by atoms with Crippen LogP contribution in [0.1, 0.15) is 32.6 Å². The van der Waals surface area contributed by atoms with Crippen LogP contribution in [0.5, 0.6) is 0 Å². The Labute approximate surface area is 73.0 Å². The normalized spacial score (nSPS) is 29.1. The molecule has 0 aromatic rings. The van der Waals surface area contributed by atoms with Crippen LogP contribution >= 0.6 is 0 Å². The van der Waals surface area contributed by atoms with Crippen LogP contribution in [0.2, 0.25) is 0 Å². The molecule has 1 radical (unpaired) electrons. The molecule has 1 heterocycles. The molecule has 0 aromatic carbocycles. The van der Waals surface area contributed by atoms with Gasteiger partial charge in [-0.05, 0) is 6.42 Å². The van der Waals surface area contributed by atoms with Crippen LogP contribution in [-0.2, 0) is 14.3 Å². The molecule has 1 aliphatic heterocycles. The van der Waals surface area contributed by atoms with E-state index in [1.54, 1.807) is 6.29 Å². The molecule has 0 N–H and O–H groups in total. The van der Waals surface area contributed by atoms with Gasteiger partial charge in [-0.3, -0.25) is 4.79 Å². The zero-order valence-corrected chi connectivity index (χ0v) is 7.41. The molecule has 0 amide bonds. The minimum absolute atomic E-state index is 0.114. The van der Waals surface area contributed by atoms with Crippen LogP contribution in [0, 0.1) is 0 Å². The predicted octanol–water partition coefficient (Wildman–Crippen LogP) is 1.42. The highest BCUT2D eigenvalue weighted by Gasteiger charge is 2.25. The number of carbonyl (C=O) groups excluding carboxylic acids is 1. The van der Waals surface area contributed by atoms with Crippen LogP contribution in [0.15, 0.2) is 0 Å². The summed E-state index contributed by atoms with van der Waals surface area (Å²) >= 11 is 0. The van der Waals surface area contributed by atoms with E-state index in [0.29, 0.717) is 6.61 Å². The van der Waals surface area contributed by atoms with Crippen molar-refractivity contribution < 1.29 is 14.3 Å². The molecule has 12 heavy (non-hydrogen) atoms. The zero-order chi connectivity index (χ0) is 8.81. The standard InChI is InChI=1S/C9H15O3/c1-2-3-4-5-8-7-11-9(6-10)12-8/h8-9H,2-5,7H2,1H3. The topological polar surface area (TPSA) is 35.5 Å². The minimum Gasteiger partial charge on any atom is -0.343 e. The summed E-state index contributed by atoms with van der Waals surface area (Å²) in [6.45, 7) is 2.71. The van der Waals surface area contributed by atoms with Gasteiger partial charge in [0.15, 0.2) is 0 Å². The Morgan fingerprint density at radius 2 is 2.33 bits per heavy atom. The molecule has 0 aromatic heterocycles. The van der Waals surface area contributed by atoms with Gasteiger partial charge >= 0.3 is 0 Å². The lowest BCUT2D eigenvalue weighted by molar-refractivity contribution is -0.00732. The maximum Gasteiger partial charge on any atom is 0.259 e. The SMILES string of the molecule is CCCCCC1COC([C]=O)O1. The lowest BCUT2D eigenvalue weighted by Gasteiger charge is -2.06. The Bertz CT molecular complexity index is 136. The summed E-state index contributed by atoms with van der Waals surface area (Å²) in [6.07, 6.45) is 5.64. The number of rotatable bonds is 5. The van der Waals surface area contributed by atoms with Crippen molar-refractivity contribution in [1.82, 2.24) is 0 Å². The zero-order valence-electron chi connectivity index (χ0n) is 7.41. The van der Waals surface area contributed by atoms with Gasteiger partial charge in [-0.15, -0.1) is 0 Å². The molecule has 0 aliphatic carbocycles. The van der Waals surface area contributed by atoms with E-state index < -0.39 is 6.29 Å². The Morgan fingerprint density at radius 3 is 2.92 bits per heavy atom. The minimum atomic E-state index is -0.725. The predicted molar refractivity (Wildman–Crippen MR) is 44.4 cm³/mol. The highest BCUT2D eigenvalue weighted by molar-refractivity contribution is 5.55. The summed E-state index contributed by atoms with van der Waals surface area (Å²) < 4.78 is 10.2. The summed E-state index contributed by atoms with van der Waals surface area (Å²) in [5, 5.41) is 0. The van der Waals surface area contributed by atoms with Crippen LogP contribution in [0.4, 0.5) is 0 Å². The van der Waals surface area contributed by atoms with E-state index in [1.807, 2.05) is 0 Å². The van der Waals surface area contributed by atoms with Gasteiger partial charge < -0.3 is 9.47 Å². The van der Waals surface area contributed by atoms with Crippen molar-refractivity contribution >= 4 is 6.29 Å². The number of hydrogen-bond acceptors (Lipinski definition) is 3. The van der Waals surface area contributed by atoms with Crippen LogP contribution in [0.3, 0.4) is 0 Å². The van der Waals surface area contributed by atoms with Crippen molar-refractivity contribution in [1.29, 1.82) is 0 Å². The summed E-state index contributed by atoms with van der Waals surface area (Å²) in [7, 11) is 0. The summed E-state index contributed by atoms with van der Waals surface area (Å²) in [6, 6.07) is 0. The van der Waals surface area contributed by atoms with Gasteiger partial charge in [-0.1, -0.05) is 26.2 Å². The van der Waals surface area contributed by atoms with Crippen molar-refractivity contribution in [2.45, 2.75) is 45.0 Å². The van der Waals surface area contributed by atoms with Crippen molar-refractivity contribution in [3.63, 3.8) is 0 Å². The Morgan fingerprint density at radius 1 is 1.50 bits per heavy atom. The Hall–Kier alpha value is -0.410. The molecule has 1 rings (SSSR count). The maximum absolute atomic E-state index is 10.1. The monoisotopic (exact) mass is 171 g/mol. The Balaban J connectivity index is 2.06. The average Bonchev–Trinajstić information content (AvgIpc) is 2.53. The van der Waals surface area contributed by atoms with E-state index in [-0.39, 0.29) is 6.10 Å². The molecule has 0 bridgehead atoms. The maximum atomic E-state index is 10.1. The summed E-state index contributed by atoms with van der Waals surface area (Å²) in [4.78, 5) is 10.1. The third-order valence-corrected chi connectivity index (χ3v) is 1.98. The molecule has 2 unspecified atom stereocenters. The highest BCUT2D eigenvalue weighted by atomic mass is 16.7. The van der Waals surface area contributed by atoms with Crippen LogP contribution in [0.25, 0.3) is 0 Å². The Kier molecular flexibility index (Phi) is 4.25. The number of unbranched alkanes of at least 4 members (excludes halogenated alkanes) is 2. The first-order valence-electron chi connectivity index (χ1n) is 4.51. The molecular formula is C9H15O3. The van der Waals surface area contributed by atoms with Crippen LogP contribution in [-0.4, -0.2) is 25.3 Å². The third-order valence-electron chi connectivity index (χ3n) is 1.98. The molecule has 3 nitrogen and oxygen atoms in total. The van der Waals surface area contributed by atoms with E-state index in [2.05, 4.69) is 6.92 Å². The second-order valence-corrected chi connectivity index (χ2v) is 3.04. The summed E-state index contributed by atoms with van der Waals surface area (Å²) in [5.74, 6) is 0. The molecule has 0 saturated carbocycles. The van der Waals surface area contributed by atoms with Crippen molar-refractivity contribution in [3.05, 3.63) is 0 Å². The first-order chi connectivity index (χ1) is 5.86. The lowest BCUT2D eigenvalue weighted by atomic mass is 10.1. The molecule has 1 fully saturated rings. The fourth-order valence-electron chi connectivity index (χ4n) is 1.28. The van der Waals surface area contributed by atoms with E-state index in [1.165, 1.54) is 12.8 Å². The lowest BCUT2D eigenvalue weighted by Crippen LogP contribution is -2.12. The van der Waals surface area contributed by atoms with E-state index in [4.69, 9.17) is 9.47 Å². The smallest absolute Gasteiger partial charge is 0.259 e. The van der Waals surface area contributed by atoms with Crippen LogP contribution < -0.4 is 0 Å². The van der Waals surface area contributed by atoms with Crippen molar-refractivity contribution in [2.24, 2.45) is 0 Å². The fraction of sp³-hybridized carbons (Fsp3) is 0.889. The first-order valence-corrected chi connectivity index (χ1v) is 4.51. The summed E-state index contributed by atoms with van der Waals surface area (Å²) in [5.41, 5.74) is 0. The van der Waals surface area contributed by atoms with Gasteiger partial charge in [0.1, 0.15) is 0 Å². The third kappa shape index (κ3) is 2.91. The molecule has 1 aliphatic rings. The average molecular weight is 171 g/mol. The largest absolute Gasteiger partial charge is 0.343 e. The van der Waals surface area contributed by atoms with E-state index in [9.17, 15) is 4.79 Å². The second-order valence-electron chi connectivity index (χ2n) is 3.04. The van der Waals surface area contributed by atoms with Gasteiger partial charge in [-0.25, -0.2) is 0 Å². The van der Waals surface area contributed by atoms with Gasteiger partial charge in [0.2, 0.25) is 6.29 Å². The molecule has 2 atom stereocenters. The van der Waals surface area contributed by atoms with E-state index >= 15 is 0 Å². The molecule has 1 saturated heterocycles. The van der Waals surface area contributed by atoms with Gasteiger partial charge in [-0.2, -0.15) is 0 Å². The molecular weight excluding hydrogens is 156 g/mol. The fourth-order valence-corrected chi connectivity index (χ4v) is 1.28. The highest BCUT2D eigenvalue weighted by Crippen LogP contribution is 2.15. The number of ether oxygens (including phenoxy) is 2. The van der Waals surface area contributed by atoms with Gasteiger partial charge in [0, 0.05) is 0 Å². The van der Waals surface area contributed by atoms with Crippen molar-refractivity contribution in [3.8, 4) is 0 Å². The first kappa shape index (κ1) is 9.68. The quantitative estimate of drug-likeness (QED) is 0.587. The molecule has 0 spiro atoms. The van der Waals surface area contributed by atoms with Crippen molar-refractivity contribution in [2.75, 3.05) is 6.61 Å². The number of hydrogen-bond donors (Lipinski definition) is 0. The van der Waals surface area contributed by atoms with Gasteiger partial charge in [0.05, 0.1) is 12.7 Å².